The van der Waals surface area contributed by atoms with Crippen molar-refractivity contribution in [1.29, 1.82) is 0 Å². The molecule has 0 fully saturated rings. The second kappa shape index (κ2) is 7.76. The van der Waals surface area contributed by atoms with Crippen LogP contribution in [0.1, 0.15) is 16.1 Å². The first kappa shape index (κ1) is 18.6. The van der Waals surface area contributed by atoms with Gasteiger partial charge in [-0.15, -0.1) is 11.3 Å². The summed E-state index contributed by atoms with van der Waals surface area (Å²) in [6.07, 6.45) is 1.98. The summed E-state index contributed by atoms with van der Waals surface area (Å²) >= 11 is 1.64. The van der Waals surface area contributed by atoms with Gasteiger partial charge in [-0.1, -0.05) is 54.6 Å². The van der Waals surface area contributed by atoms with Gasteiger partial charge in [0.1, 0.15) is 5.58 Å². The van der Waals surface area contributed by atoms with Gasteiger partial charge in [0.15, 0.2) is 0 Å². The second-order valence-electron chi connectivity index (χ2n) is 7.32. The third kappa shape index (κ3) is 3.60. The summed E-state index contributed by atoms with van der Waals surface area (Å²) in [5.74, 6) is -0.0233. The molecule has 0 aliphatic carbocycles. The lowest BCUT2D eigenvalue weighted by atomic mass is 10.0. The van der Waals surface area contributed by atoms with Gasteiger partial charge in [0.25, 0.3) is 0 Å². The Morgan fingerprint density at radius 1 is 1.07 bits per heavy atom. The lowest BCUT2D eigenvalue weighted by Crippen LogP contribution is -2.24. The monoisotopic (exact) mass is 412 g/mol. The molecule has 148 valence electrons. The average Bonchev–Trinajstić information content (AvgIpc) is 3.39. The van der Waals surface area contributed by atoms with Crippen molar-refractivity contribution < 1.29 is 9.21 Å². The molecule has 2 heterocycles. The summed E-state index contributed by atoms with van der Waals surface area (Å²) in [6.45, 7) is 2.50. The van der Waals surface area contributed by atoms with Crippen molar-refractivity contribution in [3.05, 3.63) is 88.4 Å². The molecule has 0 saturated carbocycles. The Labute approximate surface area is 178 Å². The van der Waals surface area contributed by atoms with E-state index in [1.807, 2.05) is 55.5 Å². The zero-order valence-electron chi connectivity index (χ0n) is 16.5. The minimum absolute atomic E-state index is 0.0233. The standard InChI is InChI=1S/C25H20N2O2S/c1-16-27-22(15-30-16)19-8-6-17(7-9-19)13-26-24(28)12-20-14-29-23-11-10-18-4-2-3-5-21(18)25(20)23/h2-11,14-15H,12-13H2,1H3,(H,26,28). The van der Waals surface area contributed by atoms with Crippen molar-refractivity contribution in [2.75, 3.05) is 0 Å². The molecule has 5 rings (SSSR count). The number of aromatic nitrogens is 1. The van der Waals surface area contributed by atoms with Crippen LogP contribution in [0.3, 0.4) is 0 Å². The molecule has 5 heteroatoms. The number of nitrogens with zero attached hydrogens (tertiary/aromatic N) is 1. The Morgan fingerprint density at radius 2 is 1.90 bits per heavy atom. The third-order valence-corrected chi connectivity index (χ3v) is 6.02. The fourth-order valence-electron chi connectivity index (χ4n) is 3.73. The molecular formula is C25H20N2O2S. The van der Waals surface area contributed by atoms with Crippen LogP contribution >= 0.6 is 11.3 Å². The highest BCUT2D eigenvalue weighted by atomic mass is 32.1. The Hall–Kier alpha value is -3.44. The van der Waals surface area contributed by atoms with Crippen LogP contribution in [-0.2, 0) is 17.8 Å². The molecule has 0 aliphatic rings. The molecule has 0 bridgehead atoms. The fraction of sp³-hybridized carbons (Fsp3) is 0.120. The molecule has 0 unspecified atom stereocenters. The molecule has 30 heavy (non-hydrogen) atoms. The van der Waals surface area contributed by atoms with Crippen LogP contribution in [0, 0.1) is 6.92 Å². The van der Waals surface area contributed by atoms with Crippen LogP contribution in [0.15, 0.2) is 76.7 Å². The fourth-order valence-corrected chi connectivity index (χ4v) is 4.35. The van der Waals surface area contributed by atoms with Gasteiger partial charge >= 0.3 is 0 Å². The van der Waals surface area contributed by atoms with Crippen molar-refractivity contribution in [3.63, 3.8) is 0 Å². The Bertz CT molecular complexity index is 1350. The number of aryl methyl sites for hydroxylation is 1. The molecule has 4 nitrogen and oxygen atoms in total. The summed E-state index contributed by atoms with van der Waals surface area (Å²) in [6, 6.07) is 20.3. The lowest BCUT2D eigenvalue weighted by Gasteiger charge is -2.06. The number of furan rings is 1. The number of thiazole rings is 1. The maximum atomic E-state index is 12.6. The van der Waals surface area contributed by atoms with E-state index < -0.39 is 0 Å². The van der Waals surface area contributed by atoms with Crippen LogP contribution < -0.4 is 5.32 Å². The van der Waals surface area contributed by atoms with Crippen molar-refractivity contribution in [2.45, 2.75) is 19.9 Å². The van der Waals surface area contributed by atoms with Crippen LogP contribution in [0.2, 0.25) is 0 Å². The van der Waals surface area contributed by atoms with Gasteiger partial charge in [0, 0.05) is 28.4 Å². The lowest BCUT2D eigenvalue weighted by molar-refractivity contribution is -0.120. The first-order chi connectivity index (χ1) is 14.7. The minimum atomic E-state index is -0.0233. The summed E-state index contributed by atoms with van der Waals surface area (Å²) < 4.78 is 5.69. The van der Waals surface area contributed by atoms with Crippen molar-refractivity contribution in [2.24, 2.45) is 0 Å². The average molecular weight is 413 g/mol. The Balaban J connectivity index is 1.28. The highest BCUT2D eigenvalue weighted by molar-refractivity contribution is 7.09. The quantitative estimate of drug-likeness (QED) is 0.392. The maximum Gasteiger partial charge on any atom is 0.224 e. The highest BCUT2D eigenvalue weighted by Gasteiger charge is 2.13. The van der Waals surface area contributed by atoms with E-state index in [4.69, 9.17) is 4.42 Å². The maximum absolute atomic E-state index is 12.6. The van der Waals surface area contributed by atoms with E-state index in [2.05, 4.69) is 27.8 Å². The molecule has 1 N–H and O–H groups in total. The molecular weight excluding hydrogens is 392 g/mol. The van der Waals surface area contributed by atoms with E-state index in [1.54, 1.807) is 17.6 Å². The number of hydrogen-bond donors (Lipinski definition) is 1. The summed E-state index contributed by atoms with van der Waals surface area (Å²) in [7, 11) is 0. The number of amides is 1. The Kier molecular flexibility index (Phi) is 4.81. The van der Waals surface area contributed by atoms with Crippen LogP contribution in [0.4, 0.5) is 0 Å². The van der Waals surface area contributed by atoms with Crippen LogP contribution in [0.25, 0.3) is 33.0 Å². The molecule has 5 aromatic rings. The number of nitrogens with one attached hydrogen (secondary N) is 1. The second-order valence-corrected chi connectivity index (χ2v) is 8.39. The molecule has 0 aliphatic heterocycles. The van der Waals surface area contributed by atoms with Crippen molar-refractivity contribution in [3.8, 4) is 11.3 Å². The van der Waals surface area contributed by atoms with Crippen molar-refractivity contribution >= 4 is 39.0 Å². The molecule has 3 aromatic carbocycles. The molecule has 1 amide bonds. The first-order valence-electron chi connectivity index (χ1n) is 9.83. The molecule has 0 radical (unpaired) electrons. The smallest absolute Gasteiger partial charge is 0.224 e. The Morgan fingerprint density at radius 3 is 2.70 bits per heavy atom. The van der Waals surface area contributed by atoms with Gasteiger partial charge < -0.3 is 9.73 Å². The number of hydrogen-bond acceptors (Lipinski definition) is 4. The normalized spacial score (nSPS) is 11.2. The van der Waals surface area contributed by atoms with Gasteiger partial charge in [-0.05, 0) is 29.3 Å². The molecule has 0 atom stereocenters. The van der Waals surface area contributed by atoms with Gasteiger partial charge in [-0.25, -0.2) is 4.98 Å². The van der Waals surface area contributed by atoms with Crippen molar-refractivity contribution in [1.82, 2.24) is 10.3 Å². The number of carbonyl (C=O) groups is 1. The number of carbonyl (C=O) groups excluding carboxylic acids is 1. The van der Waals surface area contributed by atoms with Gasteiger partial charge in [0.2, 0.25) is 5.91 Å². The zero-order chi connectivity index (χ0) is 20.5. The summed E-state index contributed by atoms with van der Waals surface area (Å²) in [4.78, 5) is 17.1. The largest absolute Gasteiger partial charge is 0.464 e. The highest BCUT2D eigenvalue weighted by Crippen LogP contribution is 2.30. The molecule has 0 spiro atoms. The molecule has 2 aromatic heterocycles. The van der Waals surface area contributed by atoms with Crippen LogP contribution in [0.5, 0.6) is 0 Å². The summed E-state index contributed by atoms with van der Waals surface area (Å²) in [5.41, 5.74) is 4.86. The van der Waals surface area contributed by atoms with E-state index in [1.165, 1.54) is 0 Å². The van der Waals surface area contributed by atoms with Gasteiger partial charge in [-0.2, -0.15) is 0 Å². The van der Waals surface area contributed by atoms with E-state index in [9.17, 15) is 4.79 Å². The number of fused-ring (bicyclic) bond motifs is 3. The van der Waals surface area contributed by atoms with E-state index >= 15 is 0 Å². The predicted molar refractivity (Wildman–Crippen MR) is 122 cm³/mol. The van der Waals surface area contributed by atoms with E-state index in [0.717, 1.165) is 49.1 Å². The number of benzene rings is 3. The first-order valence-corrected chi connectivity index (χ1v) is 10.7. The topological polar surface area (TPSA) is 55.1 Å². The van der Waals surface area contributed by atoms with E-state index in [-0.39, 0.29) is 12.3 Å². The van der Waals surface area contributed by atoms with Crippen LogP contribution in [-0.4, -0.2) is 10.9 Å². The molecule has 0 saturated heterocycles. The van der Waals surface area contributed by atoms with Gasteiger partial charge in [0.05, 0.1) is 23.4 Å². The minimum Gasteiger partial charge on any atom is -0.464 e. The summed E-state index contributed by atoms with van der Waals surface area (Å²) in [5, 5.41) is 9.41. The predicted octanol–water partition coefficient (Wildman–Crippen LogP) is 5.88. The third-order valence-electron chi connectivity index (χ3n) is 5.25. The zero-order valence-corrected chi connectivity index (χ0v) is 17.3. The van der Waals surface area contributed by atoms with Gasteiger partial charge in [-0.3, -0.25) is 4.79 Å². The SMILES string of the molecule is Cc1nc(-c2ccc(CNC(=O)Cc3coc4ccc5ccccc5c34)cc2)cs1. The van der Waals surface area contributed by atoms with E-state index in [0.29, 0.717) is 6.54 Å². The number of rotatable bonds is 5.